The molecule has 1 N–H and O–H groups in total. The number of hydrogen-bond acceptors (Lipinski definition) is 5. The topological polar surface area (TPSA) is 60.0 Å². The lowest BCUT2D eigenvalue weighted by atomic mass is 9.94. The molecule has 0 spiro atoms. The van der Waals surface area contributed by atoms with Gasteiger partial charge in [-0.3, -0.25) is 9.69 Å². The normalized spacial score (nSPS) is 18.4. The van der Waals surface area contributed by atoms with Gasteiger partial charge in [0.25, 0.3) is 5.91 Å². The van der Waals surface area contributed by atoms with Crippen molar-refractivity contribution in [3.8, 4) is 17.2 Å². The van der Waals surface area contributed by atoms with E-state index in [9.17, 15) is 4.79 Å². The molecule has 1 aliphatic carbocycles. The third-order valence-electron chi connectivity index (χ3n) is 6.22. The summed E-state index contributed by atoms with van der Waals surface area (Å²) >= 11 is 0. The lowest BCUT2D eigenvalue weighted by Crippen LogP contribution is -2.44. The van der Waals surface area contributed by atoms with Crippen molar-refractivity contribution in [2.45, 2.75) is 57.2 Å². The Labute approximate surface area is 190 Å². The summed E-state index contributed by atoms with van der Waals surface area (Å²) in [4.78, 5) is 14.8. The number of carbonyl (C=O) groups excluding carboxylic acids is 1. The first-order valence-corrected chi connectivity index (χ1v) is 11.8. The molecule has 6 heteroatoms. The molecule has 4 rings (SSSR count). The number of ether oxygens (including phenoxy) is 3. The van der Waals surface area contributed by atoms with E-state index in [4.69, 9.17) is 14.2 Å². The fourth-order valence-electron chi connectivity index (χ4n) is 4.41. The van der Waals surface area contributed by atoms with Gasteiger partial charge in [-0.2, -0.15) is 0 Å². The number of nitrogens with one attached hydrogen (secondary N) is 1. The van der Waals surface area contributed by atoms with Crippen molar-refractivity contribution in [3.63, 3.8) is 0 Å². The minimum Gasteiger partial charge on any atom is -0.494 e. The first-order valence-electron chi connectivity index (χ1n) is 11.8. The minimum absolute atomic E-state index is 0.160. The van der Waals surface area contributed by atoms with Crippen molar-refractivity contribution in [2.75, 3.05) is 26.8 Å². The molecule has 1 fully saturated rings. The molecule has 6 nitrogen and oxygen atoms in total. The Kier molecular flexibility index (Phi) is 7.88. The summed E-state index contributed by atoms with van der Waals surface area (Å²) in [6.45, 7) is 2.25. The van der Waals surface area contributed by atoms with Crippen LogP contribution < -0.4 is 19.5 Å². The highest BCUT2D eigenvalue weighted by Gasteiger charge is 2.26. The van der Waals surface area contributed by atoms with Crippen molar-refractivity contribution in [2.24, 2.45) is 0 Å². The van der Waals surface area contributed by atoms with Gasteiger partial charge in [-0.1, -0.05) is 43.5 Å². The molecule has 0 saturated heterocycles. The highest BCUT2D eigenvalue weighted by molar-refractivity contribution is 5.81. The first-order chi connectivity index (χ1) is 15.7. The van der Waals surface area contributed by atoms with E-state index in [0.29, 0.717) is 30.7 Å². The molecule has 2 aromatic carbocycles. The Balaban J connectivity index is 1.15. The molecule has 0 bridgehead atoms. The Hall–Kier alpha value is -2.73. The zero-order valence-electron chi connectivity index (χ0n) is 18.9. The van der Waals surface area contributed by atoms with Crippen molar-refractivity contribution < 1.29 is 19.0 Å². The standard InChI is InChI=1S/C26H34N2O4/c1-28(21-10-3-2-4-11-21)18-20-9-7-12-22(17-20)30-16-8-15-27-26(29)25-19-31-23-13-5-6-14-24(23)32-25/h5-7,9,12-14,17,21,25H,2-4,8,10-11,15-16,18-19H2,1H3,(H,27,29). The predicted octanol–water partition coefficient (Wildman–Crippen LogP) is 4.18. The van der Waals surface area contributed by atoms with E-state index >= 15 is 0 Å². The fourth-order valence-corrected chi connectivity index (χ4v) is 4.41. The maximum Gasteiger partial charge on any atom is 0.264 e. The third kappa shape index (κ3) is 6.16. The van der Waals surface area contributed by atoms with Crippen molar-refractivity contribution in [1.29, 1.82) is 0 Å². The highest BCUT2D eigenvalue weighted by Crippen LogP contribution is 2.30. The Morgan fingerprint density at radius 3 is 2.75 bits per heavy atom. The maximum absolute atomic E-state index is 12.4. The van der Waals surface area contributed by atoms with Crippen LogP contribution in [-0.2, 0) is 11.3 Å². The van der Waals surface area contributed by atoms with E-state index in [1.807, 2.05) is 30.3 Å². The van der Waals surface area contributed by atoms with Gasteiger partial charge in [-0.25, -0.2) is 0 Å². The van der Waals surface area contributed by atoms with Crippen LogP contribution in [0, 0.1) is 0 Å². The average molecular weight is 439 g/mol. The average Bonchev–Trinajstić information content (AvgIpc) is 2.84. The van der Waals surface area contributed by atoms with Crippen LogP contribution in [0.25, 0.3) is 0 Å². The van der Waals surface area contributed by atoms with Crippen LogP contribution in [0.5, 0.6) is 17.2 Å². The zero-order valence-corrected chi connectivity index (χ0v) is 18.9. The molecule has 2 aromatic rings. The number of rotatable bonds is 9. The molecule has 2 aliphatic rings. The molecule has 1 unspecified atom stereocenters. The minimum atomic E-state index is -0.622. The van der Waals surface area contributed by atoms with Gasteiger partial charge in [-0.15, -0.1) is 0 Å². The first kappa shape index (κ1) is 22.5. The second-order valence-corrected chi connectivity index (χ2v) is 8.71. The Morgan fingerprint density at radius 1 is 1.09 bits per heavy atom. The van der Waals surface area contributed by atoms with Crippen molar-refractivity contribution in [3.05, 3.63) is 54.1 Å². The number of nitrogens with zero attached hydrogens (tertiary/aromatic N) is 1. The molecule has 1 amide bonds. The molecule has 1 aliphatic heterocycles. The SMILES string of the molecule is CN(Cc1cccc(OCCCNC(=O)C2COc3ccccc3O2)c1)C1CCCCC1. The van der Waals surface area contributed by atoms with Crippen molar-refractivity contribution >= 4 is 5.91 Å². The van der Waals surface area contributed by atoms with Gasteiger partial charge in [0.2, 0.25) is 6.10 Å². The van der Waals surface area contributed by atoms with Crippen LogP contribution in [-0.4, -0.2) is 49.8 Å². The van der Waals surface area contributed by atoms with E-state index < -0.39 is 6.10 Å². The number of amides is 1. The number of carbonyl (C=O) groups is 1. The summed E-state index contributed by atoms with van der Waals surface area (Å²) in [6, 6.07) is 16.4. The monoisotopic (exact) mass is 438 g/mol. The molecule has 0 radical (unpaired) electrons. The van der Waals surface area contributed by atoms with Crippen molar-refractivity contribution in [1.82, 2.24) is 10.2 Å². The maximum atomic E-state index is 12.4. The number of para-hydroxylation sites is 2. The molecular formula is C26H34N2O4. The van der Waals surface area contributed by atoms with Gasteiger partial charge in [0, 0.05) is 19.1 Å². The van der Waals surface area contributed by atoms with Gasteiger partial charge in [0.15, 0.2) is 11.5 Å². The smallest absolute Gasteiger partial charge is 0.264 e. The zero-order chi connectivity index (χ0) is 22.2. The van der Waals surface area contributed by atoms with E-state index in [0.717, 1.165) is 18.7 Å². The van der Waals surface area contributed by atoms with Crippen LogP contribution in [0.3, 0.4) is 0 Å². The van der Waals surface area contributed by atoms with Gasteiger partial charge in [-0.05, 0) is 56.1 Å². The molecule has 0 aromatic heterocycles. The van der Waals surface area contributed by atoms with E-state index in [1.54, 1.807) is 0 Å². The predicted molar refractivity (Wildman–Crippen MR) is 124 cm³/mol. The van der Waals surface area contributed by atoms with Crippen LogP contribution in [0.1, 0.15) is 44.1 Å². The second kappa shape index (κ2) is 11.2. The number of hydrogen-bond donors (Lipinski definition) is 1. The second-order valence-electron chi connectivity index (χ2n) is 8.71. The summed E-state index contributed by atoms with van der Waals surface area (Å²) in [5, 5.41) is 2.91. The Bertz CT molecular complexity index is 882. The molecule has 172 valence electrons. The van der Waals surface area contributed by atoms with Gasteiger partial charge in [0.05, 0.1) is 6.61 Å². The highest BCUT2D eigenvalue weighted by atomic mass is 16.6. The molecule has 1 heterocycles. The van der Waals surface area contributed by atoms with Crippen LogP contribution in [0.2, 0.25) is 0 Å². The quantitative estimate of drug-likeness (QED) is 0.596. The molecule has 1 atom stereocenters. The summed E-state index contributed by atoms with van der Waals surface area (Å²) in [5.74, 6) is 2.01. The van der Waals surface area contributed by atoms with E-state index in [2.05, 4.69) is 35.5 Å². The van der Waals surface area contributed by atoms with E-state index in [-0.39, 0.29) is 12.5 Å². The summed E-state index contributed by atoms with van der Waals surface area (Å²) in [5.41, 5.74) is 1.28. The van der Waals surface area contributed by atoms with Gasteiger partial charge in [0.1, 0.15) is 12.4 Å². The molecule has 1 saturated carbocycles. The summed E-state index contributed by atoms with van der Waals surface area (Å²) in [6.07, 6.45) is 6.80. The Morgan fingerprint density at radius 2 is 1.91 bits per heavy atom. The van der Waals surface area contributed by atoms with Crippen LogP contribution in [0.4, 0.5) is 0 Å². The van der Waals surface area contributed by atoms with Crippen LogP contribution >= 0.6 is 0 Å². The van der Waals surface area contributed by atoms with E-state index in [1.165, 1.54) is 37.7 Å². The lowest BCUT2D eigenvalue weighted by Gasteiger charge is -2.31. The number of fused-ring (bicyclic) bond motifs is 1. The summed E-state index contributed by atoms with van der Waals surface area (Å²) in [7, 11) is 2.23. The van der Waals surface area contributed by atoms with Gasteiger partial charge < -0.3 is 19.5 Å². The lowest BCUT2D eigenvalue weighted by molar-refractivity contribution is -0.130. The third-order valence-corrected chi connectivity index (χ3v) is 6.22. The summed E-state index contributed by atoms with van der Waals surface area (Å²) < 4.78 is 17.3. The molecule has 32 heavy (non-hydrogen) atoms. The van der Waals surface area contributed by atoms with Gasteiger partial charge >= 0.3 is 0 Å². The largest absolute Gasteiger partial charge is 0.494 e. The number of benzene rings is 2. The molecular weight excluding hydrogens is 404 g/mol. The fraction of sp³-hybridized carbons (Fsp3) is 0.500. The van der Waals surface area contributed by atoms with Crippen LogP contribution in [0.15, 0.2) is 48.5 Å².